The molecule has 0 unspecified atom stereocenters. The minimum atomic E-state index is -1.97. The fourth-order valence-electron chi connectivity index (χ4n) is 5.70. The molecule has 2 aromatic rings. The second-order valence-corrected chi connectivity index (χ2v) is 15.2. The van der Waals surface area contributed by atoms with Gasteiger partial charge >= 0.3 is 5.97 Å². The number of likely N-dealkylation sites (tertiary alicyclic amines) is 1. The van der Waals surface area contributed by atoms with Crippen LogP contribution in [-0.2, 0) is 44.7 Å². The van der Waals surface area contributed by atoms with Crippen LogP contribution in [0, 0.1) is 12.3 Å². The number of thiazole rings is 1. The highest BCUT2D eigenvalue weighted by atomic mass is 32.1. The molecule has 3 amide bonds. The van der Waals surface area contributed by atoms with Crippen LogP contribution in [0.25, 0.3) is 10.4 Å². The van der Waals surface area contributed by atoms with Crippen LogP contribution in [0.4, 0.5) is 4.39 Å². The molecule has 4 rings (SSSR count). The van der Waals surface area contributed by atoms with Crippen LogP contribution >= 0.6 is 11.3 Å². The smallest absolute Gasteiger partial charge is 0.305 e. The molecule has 0 spiro atoms. The number of aliphatic hydroxyl groups excluding tert-OH is 1. The second kappa shape index (κ2) is 20.3. The Bertz CT molecular complexity index is 1560. The molecule has 1 aliphatic carbocycles. The Hall–Kier alpha value is -3.74. The van der Waals surface area contributed by atoms with Gasteiger partial charge in [0.25, 0.3) is 5.91 Å². The summed E-state index contributed by atoms with van der Waals surface area (Å²) < 4.78 is 42.4. The molecule has 2 fully saturated rings. The number of carbonyl (C=O) groups is 4. The summed E-state index contributed by atoms with van der Waals surface area (Å²) in [5, 5.41) is 24.6. The molecule has 17 heteroatoms. The van der Waals surface area contributed by atoms with Crippen LogP contribution in [0.3, 0.4) is 0 Å². The number of nitrogens with one attached hydrogen (secondary N) is 2. The van der Waals surface area contributed by atoms with Crippen molar-refractivity contribution in [1.29, 1.82) is 0 Å². The first-order chi connectivity index (χ1) is 25.7. The van der Waals surface area contributed by atoms with Crippen molar-refractivity contribution in [2.75, 3.05) is 66.0 Å². The topological polar surface area (TPSA) is 195 Å². The number of ether oxygens (including phenoxy) is 5. The Morgan fingerprint density at radius 1 is 1.00 bits per heavy atom. The number of carboxylic acid groups (broad SMARTS) is 1. The Labute approximate surface area is 318 Å². The molecule has 1 aliphatic heterocycles. The van der Waals surface area contributed by atoms with Crippen LogP contribution in [0.5, 0.6) is 5.75 Å². The van der Waals surface area contributed by atoms with Crippen molar-refractivity contribution in [3.63, 3.8) is 0 Å². The van der Waals surface area contributed by atoms with Gasteiger partial charge < -0.3 is 49.4 Å². The summed E-state index contributed by atoms with van der Waals surface area (Å²) in [7, 11) is 0. The molecule has 1 aromatic heterocycles. The van der Waals surface area contributed by atoms with Gasteiger partial charge in [0.15, 0.2) is 5.67 Å². The third-order valence-electron chi connectivity index (χ3n) is 8.94. The fourth-order valence-corrected chi connectivity index (χ4v) is 6.51. The highest BCUT2D eigenvalue weighted by Gasteiger charge is 2.53. The molecule has 2 aliphatic rings. The monoisotopic (exact) mass is 780 g/mol. The van der Waals surface area contributed by atoms with Gasteiger partial charge in [0.1, 0.15) is 24.4 Å². The van der Waals surface area contributed by atoms with Crippen molar-refractivity contribution >= 4 is 35.0 Å². The van der Waals surface area contributed by atoms with Gasteiger partial charge in [-0.15, -0.1) is 11.3 Å². The number of aliphatic hydroxyl groups is 1. The van der Waals surface area contributed by atoms with E-state index in [1.54, 1.807) is 26.3 Å². The lowest BCUT2D eigenvalue weighted by Crippen LogP contribution is -2.59. The predicted octanol–water partition coefficient (Wildman–Crippen LogP) is 2.65. The maximum absolute atomic E-state index is 14.5. The van der Waals surface area contributed by atoms with Crippen LogP contribution < -0.4 is 15.4 Å². The number of carbonyl (C=O) groups excluding carboxylic acids is 3. The summed E-state index contributed by atoms with van der Waals surface area (Å²) in [5.41, 5.74) is 1.46. The van der Waals surface area contributed by atoms with Gasteiger partial charge in [-0.1, -0.05) is 32.9 Å². The van der Waals surface area contributed by atoms with E-state index in [-0.39, 0.29) is 58.6 Å². The summed E-state index contributed by atoms with van der Waals surface area (Å²) in [5.74, 6) is -2.25. The first kappa shape index (κ1) is 43.0. The number of benzene rings is 1. The zero-order valence-electron chi connectivity index (χ0n) is 31.4. The zero-order valence-corrected chi connectivity index (χ0v) is 32.2. The molecule has 4 N–H and O–H groups in total. The average Bonchev–Trinajstić information content (AvgIpc) is 3.53. The predicted molar refractivity (Wildman–Crippen MR) is 196 cm³/mol. The largest absolute Gasteiger partial charge is 0.491 e. The first-order valence-electron chi connectivity index (χ1n) is 18.1. The van der Waals surface area contributed by atoms with Crippen molar-refractivity contribution in [3.05, 3.63) is 35.0 Å². The standard InChI is InChI=1S/C37H53FN4O11S/c1-24-31(54-23-40-24)25-5-6-26(29(19-25)53-18-17-52-16-15-51-14-13-50-12-11-49-10-7-30(44)45)21-39-33(46)28-20-27(43)22-42(28)34(47)32(36(2,3)4)41-35(48)37(38)8-9-37/h5-6,19,23,27-28,32,43H,7-18,20-22H2,1-4H3,(H,39,46)(H,41,48)(H,44,45)/t27-,28+,32-/m1/s1. The van der Waals surface area contributed by atoms with E-state index in [0.29, 0.717) is 51.0 Å². The third-order valence-corrected chi connectivity index (χ3v) is 9.92. The van der Waals surface area contributed by atoms with E-state index in [4.69, 9.17) is 28.8 Å². The SMILES string of the molecule is Cc1ncsc1-c1ccc(CNC(=O)[C@@H]2C[C@@H](O)CN2C(=O)[C@@H](NC(=O)C2(F)CC2)C(C)(C)C)c(OCCOCCOCCOCCOCCC(=O)O)c1. The van der Waals surface area contributed by atoms with Gasteiger partial charge in [-0.05, 0) is 36.8 Å². The van der Waals surface area contributed by atoms with E-state index >= 15 is 0 Å². The summed E-state index contributed by atoms with van der Waals surface area (Å²) in [4.78, 5) is 57.0. The molecule has 15 nitrogen and oxygen atoms in total. The maximum Gasteiger partial charge on any atom is 0.305 e. The molecule has 2 heterocycles. The van der Waals surface area contributed by atoms with E-state index < -0.39 is 53.0 Å². The molecule has 1 saturated carbocycles. The Morgan fingerprint density at radius 3 is 2.17 bits per heavy atom. The first-order valence-corrected chi connectivity index (χ1v) is 19.0. The number of aromatic nitrogens is 1. The number of aliphatic carboxylic acids is 1. The maximum atomic E-state index is 14.5. The van der Waals surface area contributed by atoms with E-state index in [0.717, 1.165) is 16.1 Å². The van der Waals surface area contributed by atoms with Crippen LogP contribution in [0.15, 0.2) is 23.7 Å². The number of amides is 3. The molecule has 1 aromatic carbocycles. The third kappa shape index (κ3) is 12.9. The molecular weight excluding hydrogens is 727 g/mol. The van der Waals surface area contributed by atoms with E-state index in [1.165, 1.54) is 16.2 Å². The summed E-state index contributed by atoms with van der Waals surface area (Å²) in [6.07, 6.45) is -0.768. The van der Waals surface area contributed by atoms with Gasteiger partial charge in [-0.2, -0.15) is 0 Å². The molecule has 0 radical (unpaired) electrons. The Balaban J connectivity index is 1.28. The molecule has 1 saturated heterocycles. The van der Waals surface area contributed by atoms with Crippen molar-refractivity contribution < 1.29 is 57.5 Å². The number of carboxylic acids is 1. The minimum absolute atomic E-state index is 0.0155. The Kier molecular flexibility index (Phi) is 16.1. The average molecular weight is 781 g/mol. The van der Waals surface area contributed by atoms with Crippen molar-refractivity contribution in [1.82, 2.24) is 20.5 Å². The second-order valence-electron chi connectivity index (χ2n) is 14.4. The van der Waals surface area contributed by atoms with E-state index in [1.807, 2.05) is 25.1 Å². The number of halogens is 1. The molecule has 54 heavy (non-hydrogen) atoms. The highest BCUT2D eigenvalue weighted by molar-refractivity contribution is 7.13. The van der Waals surface area contributed by atoms with E-state index in [2.05, 4.69) is 15.6 Å². The summed E-state index contributed by atoms with van der Waals surface area (Å²) in [6.45, 7) is 9.86. The molecule has 3 atom stereocenters. The number of hydrogen-bond donors (Lipinski definition) is 4. The number of β-amino-alcohol motifs (C(OH)–C–C–N with tert-alkyl or cyclic N) is 1. The lowest BCUT2D eigenvalue weighted by Gasteiger charge is -2.35. The molecular formula is C37H53FN4O11S. The van der Waals surface area contributed by atoms with Crippen molar-refractivity contribution in [2.24, 2.45) is 5.41 Å². The van der Waals surface area contributed by atoms with Gasteiger partial charge in [-0.25, -0.2) is 9.37 Å². The fraction of sp³-hybridized carbons (Fsp3) is 0.649. The zero-order chi connectivity index (χ0) is 39.3. The molecule has 300 valence electrons. The van der Waals surface area contributed by atoms with Gasteiger partial charge in [0, 0.05) is 25.1 Å². The Morgan fingerprint density at radius 2 is 1.61 bits per heavy atom. The lowest BCUT2D eigenvalue weighted by atomic mass is 9.85. The lowest BCUT2D eigenvalue weighted by molar-refractivity contribution is -0.145. The number of alkyl halides is 1. The number of rotatable bonds is 23. The number of aryl methyl sites for hydroxylation is 1. The van der Waals surface area contributed by atoms with Gasteiger partial charge in [0.2, 0.25) is 11.8 Å². The highest BCUT2D eigenvalue weighted by Crippen LogP contribution is 2.40. The van der Waals surface area contributed by atoms with Gasteiger partial charge in [0.05, 0.1) is 81.5 Å². The number of hydrogen-bond acceptors (Lipinski definition) is 12. The van der Waals surface area contributed by atoms with Crippen molar-refractivity contribution in [2.45, 2.75) is 83.8 Å². The van der Waals surface area contributed by atoms with Crippen LogP contribution in [-0.4, -0.2) is 134 Å². The van der Waals surface area contributed by atoms with Crippen LogP contribution in [0.1, 0.15) is 57.7 Å². The van der Waals surface area contributed by atoms with Crippen LogP contribution in [0.2, 0.25) is 0 Å². The summed E-state index contributed by atoms with van der Waals surface area (Å²) >= 11 is 1.50. The summed E-state index contributed by atoms with van der Waals surface area (Å²) in [6, 6.07) is 3.56. The normalized spacial score (nSPS) is 18.3. The molecule has 0 bridgehead atoms. The minimum Gasteiger partial charge on any atom is -0.491 e. The van der Waals surface area contributed by atoms with Crippen molar-refractivity contribution in [3.8, 4) is 16.2 Å². The number of nitrogens with zero attached hydrogens (tertiary/aromatic N) is 2. The quantitative estimate of drug-likeness (QED) is 0.121. The van der Waals surface area contributed by atoms with Gasteiger partial charge in [-0.3, -0.25) is 19.2 Å². The van der Waals surface area contributed by atoms with E-state index in [9.17, 15) is 28.7 Å².